The fourth-order valence-electron chi connectivity index (χ4n) is 4.33. The summed E-state index contributed by atoms with van der Waals surface area (Å²) in [5.41, 5.74) is 2.63. The summed E-state index contributed by atoms with van der Waals surface area (Å²) in [5, 5.41) is 11.8. The Kier molecular flexibility index (Phi) is 12.8. The van der Waals surface area contributed by atoms with Gasteiger partial charge in [-0.15, -0.1) is 0 Å². The molecule has 0 saturated heterocycles. The van der Waals surface area contributed by atoms with E-state index in [2.05, 4.69) is 13.8 Å². The van der Waals surface area contributed by atoms with Gasteiger partial charge < -0.3 is 14.5 Å². The molecule has 0 radical (unpaired) electrons. The van der Waals surface area contributed by atoms with Crippen LogP contribution in [0.25, 0.3) is 11.1 Å². The third-order valence-corrected chi connectivity index (χ3v) is 6.82. The fraction of sp³-hybridized carbons (Fsp3) is 0.533. The zero-order valence-corrected chi connectivity index (χ0v) is 23.6. The summed E-state index contributed by atoms with van der Waals surface area (Å²) in [6.45, 7) is 8.73. The average molecular weight is 526 g/mol. The second kappa shape index (κ2) is 15.7. The van der Waals surface area contributed by atoms with Gasteiger partial charge in [0.1, 0.15) is 6.10 Å². The molecule has 0 heterocycles. The van der Waals surface area contributed by atoms with Crippen molar-refractivity contribution in [3.8, 4) is 11.1 Å². The highest BCUT2D eigenvalue weighted by Gasteiger charge is 2.25. The van der Waals surface area contributed by atoms with Crippen LogP contribution in [0.5, 0.6) is 0 Å². The van der Waals surface area contributed by atoms with Crippen LogP contribution in [-0.2, 0) is 9.53 Å². The van der Waals surface area contributed by atoms with Crippen LogP contribution >= 0.6 is 0 Å². The van der Waals surface area contributed by atoms with Crippen LogP contribution in [0.1, 0.15) is 90.7 Å². The number of carbonyl (C=O) groups excluding carboxylic acids is 2. The van der Waals surface area contributed by atoms with Gasteiger partial charge in [-0.3, -0.25) is 14.9 Å². The number of carbonyl (C=O) groups is 2. The van der Waals surface area contributed by atoms with Crippen LogP contribution in [0, 0.1) is 10.1 Å². The van der Waals surface area contributed by atoms with E-state index in [1.54, 1.807) is 35.9 Å². The van der Waals surface area contributed by atoms with Crippen molar-refractivity contribution in [2.75, 3.05) is 25.0 Å². The fourth-order valence-corrected chi connectivity index (χ4v) is 4.33. The molecule has 2 aromatic carbocycles. The number of benzene rings is 2. The first-order valence-electron chi connectivity index (χ1n) is 13.8. The molecule has 38 heavy (non-hydrogen) atoms. The number of ether oxygens (including phenoxy) is 1. The first-order valence-corrected chi connectivity index (χ1v) is 13.8. The minimum Gasteiger partial charge on any atom is -0.441 e. The Morgan fingerprint density at radius 2 is 1.45 bits per heavy atom. The van der Waals surface area contributed by atoms with Gasteiger partial charge in [0.2, 0.25) is 5.91 Å². The lowest BCUT2D eigenvalue weighted by molar-refractivity contribution is -0.386. The summed E-state index contributed by atoms with van der Waals surface area (Å²) >= 11 is 0. The number of hydrogen-bond acceptors (Lipinski definition) is 5. The van der Waals surface area contributed by atoms with Gasteiger partial charge in [-0.2, -0.15) is 0 Å². The van der Waals surface area contributed by atoms with E-state index in [1.165, 1.54) is 13.0 Å². The maximum absolute atomic E-state index is 13.1. The smallest absolute Gasteiger partial charge is 0.410 e. The number of rotatable bonds is 15. The van der Waals surface area contributed by atoms with Crippen molar-refractivity contribution < 1.29 is 19.2 Å². The maximum atomic E-state index is 13.1. The molecule has 0 fully saturated rings. The Morgan fingerprint density at radius 1 is 0.895 bits per heavy atom. The quantitative estimate of drug-likeness (QED) is 0.134. The van der Waals surface area contributed by atoms with E-state index in [9.17, 15) is 19.7 Å². The Bertz CT molecular complexity index is 1040. The number of nitro benzene ring substituents is 1. The molecule has 0 aliphatic carbocycles. The number of nitrogens with zero attached hydrogens (tertiary/aromatic N) is 3. The van der Waals surface area contributed by atoms with Crippen LogP contribution in [0.4, 0.5) is 16.2 Å². The first-order chi connectivity index (χ1) is 18.2. The molecule has 1 unspecified atom stereocenters. The van der Waals surface area contributed by atoms with E-state index in [1.807, 2.05) is 24.3 Å². The predicted molar refractivity (Wildman–Crippen MR) is 152 cm³/mol. The molecular weight excluding hydrogens is 482 g/mol. The van der Waals surface area contributed by atoms with E-state index < -0.39 is 17.1 Å². The lowest BCUT2D eigenvalue weighted by atomic mass is 9.99. The van der Waals surface area contributed by atoms with E-state index in [0.717, 1.165) is 68.2 Å². The molecular formula is C30H43N3O5. The number of nitro groups is 1. The summed E-state index contributed by atoms with van der Waals surface area (Å²) < 4.78 is 5.81. The lowest BCUT2D eigenvalue weighted by Crippen LogP contribution is -2.34. The third-order valence-electron chi connectivity index (χ3n) is 6.82. The third kappa shape index (κ3) is 9.15. The topological polar surface area (TPSA) is 93.0 Å². The number of hydrogen-bond donors (Lipinski definition) is 0. The van der Waals surface area contributed by atoms with Crippen LogP contribution in [0.3, 0.4) is 0 Å². The maximum Gasteiger partial charge on any atom is 0.410 e. The van der Waals surface area contributed by atoms with Gasteiger partial charge in [0, 0.05) is 38.8 Å². The molecule has 0 aliphatic heterocycles. The zero-order valence-electron chi connectivity index (χ0n) is 23.6. The highest BCUT2D eigenvalue weighted by atomic mass is 16.6. The largest absolute Gasteiger partial charge is 0.441 e. The first kappa shape index (κ1) is 30.8. The molecule has 0 N–H and O–H groups in total. The van der Waals surface area contributed by atoms with Gasteiger partial charge in [0.05, 0.1) is 10.5 Å². The van der Waals surface area contributed by atoms with Crippen molar-refractivity contribution in [2.24, 2.45) is 0 Å². The Balaban J connectivity index is 2.23. The van der Waals surface area contributed by atoms with Crippen molar-refractivity contribution in [3.05, 3.63) is 58.1 Å². The van der Waals surface area contributed by atoms with Crippen LogP contribution in [0.15, 0.2) is 42.5 Å². The number of unbranched alkanes of at least 4 members (excludes halogenated alkanes) is 6. The van der Waals surface area contributed by atoms with Crippen molar-refractivity contribution >= 4 is 23.4 Å². The Morgan fingerprint density at radius 3 is 1.95 bits per heavy atom. The molecule has 0 spiro atoms. The lowest BCUT2D eigenvalue weighted by Gasteiger charge is -2.25. The SMILES string of the molecule is CCCCCCN(CCCCCC)C(=O)OC(C)c1cc(-c2ccc(N(C)C(C)=O)cc2)ccc1[N+](=O)[O-]. The predicted octanol–water partition coefficient (Wildman–Crippen LogP) is 7.90. The molecule has 1 atom stereocenters. The highest BCUT2D eigenvalue weighted by molar-refractivity contribution is 5.91. The second-order valence-corrected chi connectivity index (χ2v) is 9.79. The van der Waals surface area contributed by atoms with Crippen molar-refractivity contribution in [3.63, 3.8) is 0 Å². The number of amides is 2. The molecule has 0 bridgehead atoms. The highest BCUT2D eigenvalue weighted by Crippen LogP contribution is 2.33. The molecule has 0 saturated carbocycles. The summed E-state index contributed by atoms with van der Waals surface area (Å²) in [6, 6.07) is 12.3. The molecule has 8 heteroatoms. The van der Waals surface area contributed by atoms with Gasteiger partial charge in [0.25, 0.3) is 5.69 Å². The normalized spacial score (nSPS) is 11.6. The minimum atomic E-state index is -0.792. The second-order valence-electron chi connectivity index (χ2n) is 9.79. The summed E-state index contributed by atoms with van der Waals surface area (Å²) in [6.07, 6.45) is 7.20. The van der Waals surface area contributed by atoms with Crippen molar-refractivity contribution in [1.82, 2.24) is 4.90 Å². The molecule has 8 nitrogen and oxygen atoms in total. The molecule has 2 aromatic rings. The van der Waals surface area contributed by atoms with E-state index in [0.29, 0.717) is 18.7 Å². The Hall–Kier alpha value is -3.42. The van der Waals surface area contributed by atoms with Gasteiger partial charge in [-0.1, -0.05) is 64.5 Å². The monoisotopic (exact) mass is 525 g/mol. The molecule has 0 aliphatic rings. The Labute approximate surface area is 227 Å². The molecule has 0 aromatic heterocycles. The van der Waals surface area contributed by atoms with Crippen LogP contribution < -0.4 is 4.90 Å². The van der Waals surface area contributed by atoms with Crippen LogP contribution in [-0.4, -0.2) is 42.0 Å². The van der Waals surface area contributed by atoms with Gasteiger partial charge in [-0.25, -0.2) is 4.79 Å². The summed E-state index contributed by atoms with van der Waals surface area (Å²) in [5.74, 6) is -0.0733. The van der Waals surface area contributed by atoms with Crippen LogP contribution in [0.2, 0.25) is 0 Å². The molecule has 208 valence electrons. The summed E-state index contributed by atoms with van der Waals surface area (Å²) in [4.78, 5) is 39.5. The van der Waals surface area contributed by atoms with Crippen molar-refractivity contribution in [1.29, 1.82) is 0 Å². The van der Waals surface area contributed by atoms with E-state index >= 15 is 0 Å². The minimum absolute atomic E-state index is 0.0733. The number of anilines is 1. The van der Waals surface area contributed by atoms with Gasteiger partial charge in [0.15, 0.2) is 0 Å². The van der Waals surface area contributed by atoms with Gasteiger partial charge in [-0.05, 0) is 55.2 Å². The van der Waals surface area contributed by atoms with E-state index in [4.69, 9.17) is 4.74 Å². The van der Waals surface area contributed by atoms with Crippen molar-refractivity contribution in [2.45, 2.75) is 85.2 Å². The summed E-state index contributed by atoms with van der Waals surface area (Å²) in [7, 11) is 1.70. The standard InChI is InChI=1S/C30H43N3O5/c1-6-8-10-12-20-32(21-13-11-9-7-2)30(35)38-23(3)28-22-26(16-19-29(28)33(36)37)25-14-17-27(18-15-25)31(5)24(4)34/h14-19,22-23H,6-13,20-21H2,1-5H3. The van der Waals surface area contributed by atoms with E-state index in [-0.39, 0.29) is 11.6 Å². The van der Waals surface area contributed by atoms with Gasteiger partial charge >= 0.3 is 6.09 Å². The molecule has 2 amide bonds. The average Bonchev–Trinajstić information content (AvgIpc) is 2.91. The zero-order chi connectivity index (χ0) is 28.1. The molecule has 2 rings (SSSR count).